The number of aryl methyl sites for hydroxylation is 1. The first kappa shape index (κ1) is 28.0. The lowest BCUT2D eigenvalue weighted by atomic mass is 9.89. The Kier molecular flexibility index (Phi) is 6.81. The van der Waals surface area contributed by atoms with Gasteiger partial charge in [0.1, 0.15) is 0 Å². The monoisotopic (exact) mass is 611 g/mol. The van der Waals surface area contributed by atoms with Gasteiger partial charge in [-0.2, -0.15) is 0 Å². The molecule has 0 bridgehead atoms. The van der Waals surface area contributed by atoms with Crippen LogP contribution in [-0.4, -0.2) is 58.7 Å². The maximum atomic E-state index is 14.1. The van der Waals surface area contributed by atoms with E-state index in [-0.39, 0.29) is 37.3 Å². The van der Waals surface area contributed by atoms with Crippen LogP contribution in [0.5, 0.6) is 23.0 Å². The summed E-state index contributed by atoms with van der Waals surface area (Å²) in [6.07, 6.45) is -1.10. The number of amides is 1. The molecule has 1 amide bonds. The van der Waals surface area contributed by atoms with Crippen molar-refractivity contribution in [1.82, 2.24) is 14.2 Å². The molecular weight excluding hydrogens is 580 g/mol. The Morgan fingerprint density at radius 1 is 1.09 bits per heavy atom. The Labute approximate surface area is 251 Å². The third-order valence-corrected chi connectivity index (χ3v) is 9.78. The van der Waals surface area contributed by atoms with Crippen molar-refractivity contribution < 1.29 is 32.5 Å². The van der Waals surface area contributed by atoms with Crippen LogP contribution in [0.15, 0.2) is 40.0 Å². The number of rotatable bonds is 5. The maximum Gasteiger partial charge on any atom is 0.264 e. The first-order chi connectivity index (χ1) is 20.6. The number of aromatic amines is 1. The number of ether oxygens (including phenoxy) is 4. The number of likely N-dealkylation sites (tertiary alicyclic amines) is 1. The highest BCUT2D eigenvalue weighted by Crippen LogP contribution is 2.53. The van der Waals surface area contributed by atoms with Crippen molar-refractivity contribution >= 4 is 17.9 Å². The maximum absolute atomic E-state index is 14.1. The SMILES string of the molecule is Cc1cc2c(c(=O)[nH]1)CN(C(=O)c1cc(-c3ccc4c(c3)OCO4)c3c(c1C)OC(C)(C1CCN(CC(F)F)CC1)O3)S2. The number of H-pyrrole nitrogens is 1. The number of alkyl halides is 2. The van der Waals surface area contributed by atoms with Gasteiger partial charge in [-0.15, -0.1) is 0 Å². The average Bonchev–Trinajstić information content (AvgIpc) is 3.70. The predicted molar refractivity (Wildman–Crippen MR) is 155 cm³/mol. The van der Waals surface area contributed by atoms with Crippen LogP contribution in [0, 0.1) is 19.8 Å². The van der Waals surface area contributed by atoms with Gasteiger partial charge in [-0.05, 0) is 81.6 Å². The molecule has 0 radical (unpaired) electrons. The molecule has 43 heavy (non-hydrogen) atoms. The third kappa shape index (κ3) is 4.90. The van der Waals surface area contributed by atoms with Crippen LogP contribution in [0.25, 0.3) is 11.1 Å². The quantitative estimate of drug-likeness (QED) is 0.378. The van der Waals surface area contributed by atoms with Gasteiger partial charge in [0.15, 0.2) is 23.0 Å². The van der Waals surface area contributed by atoms with Crippen molar-refractivity contribution in [3.05, 3.63) is 63.1 Å². The molecule has 1 N–H and O–H groups in total. The number of nitrogens with one attached hydrogen (secondary N) is 1. The molecule has 0 spiro atoms. The van der Waals surface area contributed by atoms with E-state index in [2.05, 4.69) is 4.98 Å². The molecule has 1 fully saturated rings. The summed E-state index contributed by atoms with van der Waals surface area (Å²) in [5.41, 5.74) is 3.58. The van der Waals surface area contributed by atoms with E-state index in [0.29, 0.717) is 71.2 Å². The van der Waals surface area contributed by atoms with Gasteiger partial charge in [-0.25, -0.2) is 8.78 Å². The van der Waals surface area contributed by atoms with E-state index in [4.69, 9.17) is 18.9 Å². The minimum atomic E-state index is -2.37. The number of halogens is 2. The van der Waals surface area contributed by atoms with Crippen molar-refractivity contribution in [2.75, 3.05) is 26.4 Å². The molecule has 226 valence electrons. The summed E-state index contributed by atoms with van der Waals surface area (Å²) in [6, 6.07) is 9.24. The Balaban J connectivity index is 1.25. The zero-order valence-corrected chi connectivity index (χ0v) is 24.8. The summed E-state index contributed by atoms with van der Waals surface area (Å²) in [5, 5.41) is 0. The number of fused-ring (bicyclic) bond motifs is 3. The molecule has 9 nitrogen and oxygen atoms in total. The fourth-order valence-corrected chi connectivity index (χ4v) is 7.45. The summed E-state index contributed by atoms with van der Waals surface area (Å²) in [6.45, 7) is 6.64. The van der Waals surface area contributed by atoms with E-state index in [9.17, 15) is 18.4 Å². The number of pyridine rings is 1. The van der Waals surface area contributed by atoms with E-state index in [1.54, 1.807) is 9.21 Å². The fourth-order valence-electron chi connectivity index (χ4n) is 6.35. The van der Waals surface area contributed by atoms with Gasteiger partial charge in [0.05, 0.1) is 18.7 Å². The minimum absolute atomic E-state index is 0.0458. The van der Waals surface area contributed by atoms with Crippen LogP contribution in [0.2, 0.25) is 0 Å². The predicted octanol–water partition coefficient (Wildman–Crippen LogP) is 5.52. The number of benzene rings is 2. The Morgan fingerprint density at radius 3 is 2.60 bits per heavy atom. The Bertz CT molecular complexity index is 1690. The first-order valence-corrected chi connectivity index (χ1v) is 15.1. The smallest absolute Gasteiger partial charge is 0.264 e. The van der Waals surface area contributed by atoms with E-state index < -0.39 is 12.2 Å². The molecule has 7 rings (SSSR count). The van der Waals surface area contributed by atoms with Crippen LogP contribution in [-0.2, 0) is 6.54 Å². The largest absolute Gasteiger partial charge is 0.454 e. The highest BCUT2D eigenvalue weighted by atomic mass is 32.2. The molecule has 4 aliphatic rings. The summed E-state index contributed by atoms with van der Waals surface area (Å²) in [4.78, 5) is 32.0. The molecule has 1 unspecified atom stereocenters. The molecule has 3 aromatic rings. The summed E-state index contributed by atoms with van der Waals surface area (Å²) in [7, 11) is 0. The summed E-state index contributed by atoms with van der Waals surface area (Å²) < 4.78 is 51.9. The molecule has 5 heterocycles. The zero-order chi connectivity index (χ0) is 30.0. The Hall–Kier alpha value is -3.77. The van der Waals surface area contributed by atoms with Gasteiger partial charge in [0.25, 0.3) is 23.7 Å². The second kappa shape index (κ2) is 10.4. The highest BCUT2D eigenvalue weighted by molar-refractivity contribution is 7.97. The molecular formula is C31H31F2N3O6S. The van der Waals surface area contributed by atoms with Crippen LogP contribution < -0.4 is 24.5 Å². The number of hydrogen-bond acceptors (Lipinski definition) is 8. The van der Waals surface area contributed by atoms with Gasteiger partial charge >= 0.3 is 0 Å². The summed E-state index contributed by atoms with van der Waals surface area (Å²) >= 11 is 1.25. The fraction of sp³-hybridized carbons (Fsp3) is 0.419. The van der Waals surface area contributed by atoms with Crippen molar-refractivity contribution in [1.29, 1.82) is 0 Å². The van der Waals surface area contributed by atoms with Gasteiger partial charge in [-0.1, -0.05) is 6.07 Å². The topological polar surface area (TPSA) is 93.3 Å². The summed E-state index contributed by atoms with van der Waals surface area (Å²) in [5.74, 6) is 0.885. The molecule has 0 saturated carbocycles. The van der Waals surface area contributed by atoms with Crippen molar-refractivity contribution in [2.45, 2.75) is 57.3 Å². The third-order valence-electron chi connectivity index (χ3n) is 8.70. The number of piperidine rings is 1. The van der Waals surface area contributed by atoms with Crippen LogP contribution in [0.3, 0.4) is 0 Å². The van der Waals surface area contributed by atoms with E-state index in [1.165, 1.54) is 11.9 Å². The lowest BCUT2D eigenvalue weighted by molar-refractivity contribution is -0.126. The first-order valence-electron chi connectivity index (χ1n) is 14.3. The second-order valence-corrected chi connectivity index (χ2v) is 12.6. The number of aromatic nitrogens is 1. The van der Waals surface area contributed by atoms with E-state index >= 15 is 0 Å². The van der Waals surface area contributed by atoms with Gasteiger partial charge in [-0.3, -0.25) is 18.8 Å². The molecule has 12 heteroatoms. The molecule has 1 saturated heterocycles. The van der Waals surface area contributed by atoms with E-state index in [1.807, 2.05) is 51.1 Å². The number of carbonyl (C=O) groups excluding carboxylic acids is 1. The molecule has 1 atom stereocenters. The minimum Gasteiger partial charge on any atom is -0.454 e. The highest BCUT2D eigenvalue weighted by Gasteiger charge is 2.48. The van der Waals surface area contributed by atoms with Crippen molar-refractivity contribution in [3.63, 3.8) is 0 Å². The molecule has 2 aromatic carbocycles. The molecule has 1 aromatic heterocycles. The number of hydrogen-bond donors (Lipinski definition) is 1. The van der Waals surface area contributed by atoms with Gasteiger partial charge < -0.3 is 23.9 Å². The lowest BCUT2D eigenvalue weighted by Crippen LogP contribution is -2.49. The second-order valence-electron chi connectivity index (χ2n) is 11.6. The molecule has 4 aliphatic heterocycles. The van der Waals surface area contributed by atoms with Crippen LogP contribution >= 0.6 is 11.9 Å². The number of nitrogens with zero attached hydrogens (tertiary/aromatic N) is 2. The van der Waals surface area contributed by atoms with Crippen LogP contribution in [0.4, 0.5) is 8.78 Å². The van der Waals surface area contributed by atoms with Crippen molar-refractivity contribution in [3.8, 4) is 34.1 Å². The standard InChI is InChI=1S/C31H31F2N3O6S/c1-16-10-25-22(29(37)34-16)13-36(43-25)30(38)20-12-21(18-4-5-23-24(11-18)40-15-39-23)28-27(17(20)2)41-31(3,42-28)19-6-8-35(9-7-19)14-26(32)33/h4-5,10-12,19,26H,6-9,13-15H2,1-3H3,(H,34,37). The van der Waals surface area contributed by atoms with E-state index in [0.717, 1.165) is 16.2 Å². The number of carbonyl (C=O) groups is 1. The Morgan fingerprint density at radius 2 is 1.84 bits per heavy atom. The normalized spacial score (nSPS) is 21.1. The van der Waals surface area contributed by atoms with Gasteiger partial charge in [0, 0.05) is 40.1 Å². The lowest BCUT2D eigenvalue weighted by Gasteiger charge is -2.38. The van der Waals surface area contributed by atoms with Crippen molar-refractivity contribution in [2.24, 2.45) is 5.92 Å². The molecule has 0 aliphatic carbocycles. The van der Waals surface area contributed by atoms with Gasteiger partial charge in [0.2, 0.25) is 6.79 Å². The zero-order valence-electron chi connectivity index (χ0n) is 24.0. The van der Waals surface area contributed by atoms with Crippen LogP contribution in [0.1, 0.15) is 46.9 Å². The average molecular weight is 612 g/mol.